The molecule has 0 atom stereocenters. The predicted molar refractivity (Wildman–Crippen MR) is 92.1 cm³/mol. The van der Waals surface area contributed by atoms with Gasteiger partial charge < -0.3 is 5.32 Å². The van der Waals surface area contributed by atoms with Crippen molar-refractivity contribution in [3.63, 3.8) is 0 Å². The molecule has 124 valence electrons. The van der Waals surface area contributed by atoms with Gasteiger partial charge in [-0.1, -0.05) is 30.3 Å². The third kappa shape index (κ3) is 3.00. The van der Waals surface area contributed by atoms with E-state index < -0.39 is 11.2 Å². The maximum atomic E-state index is 12.5. The van der Waals surface area contributed by atoms with Crippen molar-refractivity contribution in [2.24, 2.45) is 0 Å². The van der Waals surface area contributed by atoms with Crippen molar-refractivity contribution in [2.45, 2.75) is 26.6 Å². The number of rotatable bonds is 5. The average molecular weight is 344 g/mol. The SMILES string of the molecule is CCn1c(=O)c2nscc2n(CC(=O)NCc2ccccc2)c1=O. The fourth-order valence-corrected chi connectivity index (χ4v) is 3.13. The van der Waals surface area contributed by atoms with Crippen LogP contribution in [0, 0.1) is 0 Å². The molecule has 24 heavy (non-hydrogen) atoms. The molecular formula is C16H16N4O3S. The summed E-state index contributed by atoms with van der Waals surface area (Å²) in [6.07, 6.45) is 0. The smallest absolute Gasteiger partial charge is 0.332 e. The van der Waals surface area contributed by atoms with Gasteiger partial charge in [0.1, 0.15) is 6.54 Å². The van der Waals surface area contributed by atoms with Crippen molar-refractivity contribution in [1.82, 2.24) is 18.8 Å². The Kier molecular flexibility index (Phi) is 4.57. The summed E-state index contributed by atoms with van der Waals surface area (Å²) in [5.41, 5.74) is 0.677. The number of fused-ring (bicyclic) bond motifs is 1. The molecule has 7 nitrogen and oxygen atoms in total. The van der Waals surface area contributed by atoms with E-state index in [0.717, 1.165) is 21.7 Å². The van der Waals surface area contributed by atoms with Gasteiger partial charge in [0, 0.05) is 18.5 Å². The molecule has 0 bridgehead atoms. The van der Waals surface area contributed by atoms with Crippen LogP contribution < -0.4 is 16.6 Å². The van der Waals surface area contributed by atoms with Crippen LogP contribution in [0.15, 0.2) is 45.3 Å². The zero-order valence-corrected chi connectivity index (χ0v) is 13.9. The lowest BCUT2D eigenvalue weighted by atomic mass is 10.2. The number of hydrogen-bond acceptors (Lipinski definition) is 5. The van der Waals surface area contributed by atoms with Crippen LogP contribution >= 0.6 is 11.5 Å². The molecule has 1 amide bonds. The molecule has 0 radical (unpaired) electrons. The monoisotopic (exact) mass is 344 g/mol. The van der Waals surface area contributed by atoms with Crippen molar-refractivity contribution >= 4 is 28.5 Å². The summed E-state index contributed by atoms with van der Waals surface area (Å²) in [5.74, 6) is -0.297. The van der Waals surface area contributed by atoms with Gasteiger partial charge in [0.25, 0.3) is 5.56 Å². The maximum Gasteiger partial charge on any atom is 0.332 e. The van der Waals surface area contributed by atoms with Gasteiger partial charge in [-0.15, -0.1) is 0 Å². The van der Waals surface area contributed by atoms with Crippen LogP contribution in [0.4, 0.5) is 0 Å². The van der Waals surface area contributed by atoms with Gasteiger partial charge in [-0.05, 0) is 24.0 Å². The molecule has 1 aromatic carbocycles. The van der Waals surface area contributed by atoms with E-state index in [1.807, 2.05) is 30.3 Å². The highest BCUT2D eigenvalue weighted by molar-refractivity contribution is 7.04. The second-order valence-electron chi connectivity index (χ2n) is 5.23. The summed E-state index contributed by atoms with van der Waals surface area (Å²) in [6, 6.07) is 9.50. The Labute approximate surface area is 141 Å². The van der Waals surface area contributed by atoms with Crippen LogP contribution in [-0.2, 0) is 24.4 Å². The number of nitrogens with zero attached hydrogens (tertiary/aromatic N) is 3. The third-order valence-corrected chi connectivity index (χ3v) is 4.32. The molecular weight excluding hydrogens is 328 g/mol. The summed E-state index contributed by atoms with van der Waals surface area (Å²) in [7, 11) is 0. The van der Waals surface area contributed by atoms with E-state index in [0.29, 0.717) is 12.1 Å². The standard InChI is InChI=1S/C16H16N4O3S/c1-2-19-15(22)14-12(10-24-18-14)20(16(19)23)9-13(21)17-8-11-6-4-3-5-7-11/h3-7,10H,2,8-9H2,1H3,(H,17,21). The van der Waals surface area contributed by atoms with Gasteiger partial charge in [-0.3, -0.25) is 18.7 Å². The first-order valence-corrected chi connectivity index (χ1v) is 8.33. The van der Waals surface area contributed by atoms with E-state index in [2.05, 4.69) is 9.69 Å². The average Bonchev–Trinajstić information content (AvgIpc) is 3.08. The van der Waals surface area contributed by atoms with Gasteiger partial charge in [0.15, 0.2) is 5.52 Å². The first kappa shape index (κ1) is 16.1. The van der Waals surface area contributed by atoms with Crippen molar-refractivity contribution in [3.05, 3.63) is 62.1 Å². The summed E-state index contributed by atoms with van der Waals surface area (Å²) in [5, 5.41) is 4.39. The van der Waals surface area contributed by atoms with Gasteiger partial charge in [0.05, 0.1) is 5.52 Å². The number of benzene rings is 1. The molecule has 0 unspecified atom stereocenters. The van der Waals surface area contributed by atoms with Crippen molar-refractivity contribution in [1.29, 1.82) is 0 Å². The van der Waals surface area contributed by atoms with Crippen LogP contribution in [0.2, 0.25) is 0 Å². The van der Waals surface area contributed by atoms with Crippen LogP contribution in [0.3, 0.4) is 0 Å². The molecule has 0 spiro atoms. The van der Waals surface area contributed by atoms with Crippen molar-refractivity contribution in [3.8, 4) is 0 Å². The quantitative estimate of drug-likeness (QED) is 0.747. The highest BCUT2D eigenvalue weighted by Gasteiger charge is 2.16. The molecule has 2 heterocycles. The minimum Gasteiger partial charge on any atom is -0.350 e. The third-order valence-electron chi connectivity index (χ3n) is 3.70. The highest BCUT2D eigenvalue weighted by atomic mass is 32.1. The van der Waals surface area contributed by atoms with Crippen LogP contribution in [0.1, 0.15) is 12.5 Å². The second-order valence-corrected chi connectivity index (χ2v) is 5.86. The molecule has 0 aliphatic carbocycles. The summed E-state index contributed by atoms with van der Waals surface area (Å²) >= 11 is 1.09. The van der Waals surface area contributed by atoms with E-state index in [1.165, 1.54) is 4.57 Å². The van der Waals surface area contributed by atoms with Gasteiger partial charge in [-0.2, -0.15) is 4.37 Å². The highest BCUT2D eigenvalue weighted by Crippen LogP contribution is 2.09. The number of carbonyl (C=O) groups is 1. The van der Waals surface area contributed by atoms with Crippen LogP contribution in [-0.4, -0.2) is 19.4 Å². The van der Waals surface area contributed by atoms with E-state index in [4.69, 9.17) is 0 Å². The van der Waals surface area contributed by atoms with E-state index in [9.17, 15) is 14.4 Å². The molecule has 8 heteroatoms. The Morgan fingerprint density at radius 1 is 1.21 bits per heavy atom. The molecule has 2 aromatic heterocycles. The van der Waals surface area contributed by atoms with Crippen molar-refractivity contribution < 1.29 is 4.79 Å². The Hall–Kier alpha value is -2.74. The Balaban J connectivity index is 1.87. The van der Waals surface area contributed by atoms with Crippen LogP contribution in [0.5, 0.6) is 0 Å². The topological polar surface area (TPSA) is 86.0 Å². The molecule has 0 saturated heterocycles. The van der Waals surface area contributed by atoms with Gasteiger partial charge >= 0.3 is 5.69 Å². The number of carbonyl (C=O) groups excluding carboxylic acids is 1. The van der Waals surface area contributed by atoms with E-state index in [1.54, 1.807) is 12.3 Å². The minimum atomic E-state index is -0.495. The van der Waals surface area contributed by atoms with Gasteiger partial charge in [0.2, 0.25) is 5.91 Å². The molecule has 1 N–H and O–H groups in total. The molecule has 0 saturated carbocycles. The zero-order valence-electron chi connectivity index (χ0n) is 13.1. The first-order valence-electron chi connectivity index (χ1n) is 7.50. The lowest BCUT2D eigenvalue weighted by molar-refractivity contribution is -0.121. The van der Waals surface area contributed by atoms with E-state index in [-0.39, 0.29) is 24.5 Å². The number of nitrogens with one attached hydrogen (secondary N) is 1. The second kappa shape index (κ2) is 6.79. The molecule has 3 aromatic rings. The minimum absolute atomic E-state index is 0.152. The van der Waals surface area contributed by atoms with Gasteiger partial charge in [-0.25, -0.2) is 4.79 Å². The predicted octanol–water partition coefficient (Wildman–Crippen LogP) is 0.956. The summed E-state index contributed by atoms with van der Waals surface area (Å²) in [6.45, 7) is 2.17. The molecule has 0 aliphatic heterocycles. The van der Waals surface area contributed by atoms with Crippen molar-refractivity contribution in [2.75, 3.05) is 0 Å². The Morgan fingerprint density at radius 2 is 1.96 bits per heavy atom. The Bertz CT molecular complexity index is 988. The van der Waals surface area contributed by atoms with Crippen LogP contribution in [0.25, 0.3) is 11.0 Å². The Morgan fingerprint density at radius 3 is 2.67 bits per heavy atom. The number of aromatic nitrogens is 3. The normalized spacial score (nSPS) is 10.9. The molecule has 3 rings (SSSR count). The fourth-order valence-electron chi connectivity index (χ4n) is 2.46. The molecule has 0 aliphatic rings. The fraction of sp³-hybridized carbons (Fsp3) is 0.250. The lowest BCUT2D eigenvalue weighted by Gasteiger charge is -2.11. The van der Waals surface area contributed by atoms with E-state index >= 15 is 0 Å². The number of amides is 1. The zero-order chi connectivity index (χ0) is 17.1. The maximum absolute atomic E-state index is 12.5. The number of hydrogen-bond donors (Lipinski definition) is 1. The summed E-state index contributed by atoms with van der Waals surface area (Å²) in [4.78, 5) is 36.9. The largest absolute Gasteiger partial charge is 0.350 e. The lowest BCUT2D eigenvalue weighted by Crippen LogP contribution is -2.42. The molecule has 0 fully saturated rings. The summed E-state index contributed by atoms with van der Waals surface area (Å²) < 4.78 is 6.43. The first-order chi connectivity index (χ1) is 11.6.